The van der Waals surface area contributed by atoms with Crippen LogP contribution in [0.4, 0.5) is 0 Å². The zero-order valence-corrected chi connectivity index (χ0v) is 11.3. The minimum absolute atomic E-state index is 0.729. The fourth-order valence-electron chi connectivity index (χ4n) is 2.05. The van der Waals surface area contributed by atoms with E-state index in [9.17, 15) is 0 Å². The molecule has 0 fully saturated rings. The molecule has 0 amide bonds. The molecule has 5 nitrogen and oxygen atoms in total. The fourth-order valence-corrected chi connectivity index (χ4v) is 2.05. The van der Waals surface area contributed by atoms with E-state index in [2.05, 4.69) is 27.0 Å². The molecule has 3 heterocycles. The summed E-state index contributed by atoms with van der Waals surface area (Å²) in [6.45, 7) is 2.97. The summed E-state index contributed by atoms with van der Waals surface area (Å²) in [6.07, 6.45) is 8.06. The van der Waals surface area contributed by atoms with Gasteiger partial charge < -0.3 is 0 Å². The molecule has 0 aliphatic carbocycles. The Kier molecular flexibility index (Phi) is 3.50. The summed E-state index contributed by atoms with van der Waals surface area (Å²) in [6, 6.07) is 7.74. The van der Waals surface area contributed by atoms with E-state index in [1.165, 1.54) is 0 Å². The zero-order valence-electron chi connectivity index (χ0n) is 11.3. The minimum atomic E-state index is 0.729. The summed E-state index contributed by atoms with van der Waals surface area (Å²) in [7, 11) is 0. The summed E-state index contributed by atoms with van der Waals surface area (Å²) < 4.78 is 1.95. The van der Waals surface area contributed by atoms with Crippen LogP contribution in [0.15, 0.2) is 49.1 Å². The third-order valence-corrected chi connectivity index (χ3v) is 2.98. The van der Waals surface area contributed by atoms with Crippen LogP contribution in [-0.4, -0.2) is 24.7 Å². The normalized spacial score (nSPS) is 10.7. The monoisotopic (exact) mass is 265 g/mol. The van der Waals surface area contributed by atoms with Gasteiger partial charge in [0.05, 0.1) is 0 Å². The molecule has 3 rings (SSSR count). The van der Waals surface area contributed by atoms with Gasteiger partial charge in [0, 0.05) is 42.5 Å². The third kappa shape index (κ3) is 2.42. The average molecular weight is 265 g/mol. The van der Waals surface area contributed by atoms with Gasteiger partial charge >= 0.3 is 0 Å². The minimum Gasteiger partial charge on any atom is -0.265 e. The highest BCUT2D eigenvalue weighted by Gasteiger charge is 2.12. The largest absolute Gasteiger partial charge is 0.265 e. The molecular weight excluding hydrogens is 250 g/mol. The standard InChI is InChI=1S/C15H15N5/c1-2-11-20-15(13-5-9-17-10-6-13)18-14(19-20)12-3-7-16-8-4-12/h3-10H,2,11H2,1H3. The second-order valence-corrected chi connectivity index (χ2v) is 4.45. The molecule has 0 N–H and O–H groups in total. The van der Waals surface area contributed by atoms with Crippen LogP contribution < -0.4 is 0 Å². The summed E-state index contributed by atoms with van der Waals surface area (Å²) in [5, 5.41) is 4.60. The first-order valence-corrected chi connectivity index (χ1v) is 6.64. The predicted octanol–water partition coefficient (Wildman–Crippen LogP) is 2.81. The second-order valence-electron chi connectivity index (χ2n) is 4.45. The number of rotatable bonds is 4. The van der Waals surface area contributed by atoms with Gasteiger partial charge in [-0.15, -0.1) is 0 Å². The topological polar surface area (TPSA) is 56.5 Å². The Balaban J connectivity index is 2.08. The van der Waals surface area contributed by atoms with Crippen LogP contribution in [0, 0.1) is 0 Å². The SMILES string of the molecule is CCCn1nc(-c2ccncc2)nc1-c1ccncc1. The molecular formula is C15H15N5. The van der Waals surface area contributed by atoms with Gasteiger partial charge in [0.25, 0.3) is 0 Å². The number of nitrogens with zero attached hydrogens (tertiary/aromatic N) is 5. The van der Waals surface area contributed by atoms with Crippen LogP contribution in [-0.2, 0) is 6.54 Å². The van der Waals surface area contributed by atoms with Crippen molar-refractivity contribution in [2.24, 2.45) is 0 Å². The van der Waals surface area contributed by atoms with Crippen LogP contribution in [0.3, 0.4) is 0 Å². The van der Waals surface area contributed by atoms with E-state index < -0.39 is 0 Å². The van der Waals surface area contributed by atoms with Gasteiger partial charge in [-0.25, -0.2) is 9.67 Å². The predicted molar refractivity (Wildman–Crippen MR) is 76.8 cm³/mol. The molecule has 0 unspecified atom stereocenters. The lowest BCUT2D eigenvalue weighted by Crippen LogP contribution is -2.01. The van der Waals surface area contributed by atoms with Crippen molar-refractivity contribution in [2.75, 3.05) is 0 Å². The van der Waals surface area contributed by atoms with E-state index in [0.29, 0.717) is 0 Å². The van der Waals surface area contributed by atoms with E-state index in [-0.39, 0.29) is 0 Å². The third-order valence-electron chi connectivity index (χ3n) is 2.98. The Morgan fingerprint density at radius 2 is 1.50 bits per heavy atom. The lowest BCUT2D eigenvalue weighted by molar-refractivity contribution is 0.609. The highest BCUT2D eigenvalue weighted by molar-refractivity contribution is 5.60. The van der Waals surface area contributed by atoms with Crippen LogP contribution in [0.25, 0.3) is 22.8 Å². The van der Waals surface area contributed by atoms with Gasteiger partial charge in [0.15, 0.2) is 11.6 Å². The number of aromatic nitrogens is 5. The van der Waals surface area contributed by atoms with Crippen LogP contribution >= 0.6 is 0 Å². The maximum absolute atomic E-state index is 4.67. The maximum atomic E-state index is 4.67. The zero-order chi connectivity index (χ0) is 13.8. The molecule has 0 aliphatic rings. The molecule has 0 radical (unpaired) electrons. The molecule has 0 saturated carbocycles. The molecule has 0 bridgehead atoms. The van der Waals surface area contributed by atoms with E-state index in [1.54, 1.807) is 24.8 Å². The van der Waals surface area contributed by atoms with E-state index in [0.717, 1.165) is 35.7 Å². The van der Waals surface area contributed by atoms with Crippen molar-refractivity contribution < 1.29 is 0 Å². The molecule has 20 heavy (non-hydrogen) atoms. The molecule has 3 aromatic rings. The van der Waals surface area contributed by atoms with Crippen molar-refractivity contribution in [3.8, 4) is 22.8 Å². The number of pyridine rings is 2. The van der Waals surface area contributed by atoms with Crippen molar-refractivity contribution in [3.05, 3.63) is 49.1 Å². The highest BCUT2D eigenvalue weighted by Crippen LogP contribution is 2.21. The number of hydrogen-bond acceptors (Lipinski definition) is 4. The van der Waals surface area contributed by atoms with E-state index >= 15 is 0 Å². The van der Waals surface area contributed by atoms with E-state index in [4.69, 9.17) is 0 Å². The summed E-state index contributed by atoms with van der Waals surface area (Å²) in [5.41, 5.74) is 2.01. The number of hydrogen-bond donors (Lipinski definition) is 0. The highest BCUT2D eigenvalue weighted by atomic mass is 15.3. The summed E-state index contributed by atoms with van der Waals surface area (Å²) >= 11 is 0. The Morgan fingerprint density at radius 1 is 0.900 bits per heavy atom. The Hall–Kier alpha value is -2.56. The van der Waals surface area contributed by atoms with Crippen molar-refractivity contribution >= 4 is 0 Å². The maximum Gasteiger partial charge on any atom is 0.181 e. The Bertz CT molecular complexity index is 676. The Labute approximate surface area is 117 Å². The Morgan fingerprint density at radius 3 is 2.10 bits per heavy atom. The first-order valence-electron chi connectivity index (χ1n) is 6.64. The smallest absolute Gasteiger partial charge is 0.181 e. The van der Waals surface area contributed by atoms with Gasteiger partial charge in [-0.2, -0.15) is 5.10 Å². The molecule has 5 heteroatoms. The van der Waals surface area contributed by atoms with Crippen molar-refractivity contribution in [1.82, 2.24) is 24.7 Å². The lowest BCUT2D eigenvalue weighted by atomic mass is 10.2. The summed E-state index contributed by atoms with van der Waals surface area (Å²) in [4.78, 5) is 12.7. The van der Waals surface area contributed by atoms with Crippen LogP contribution in [0.5, 0.6) is 0 Å². The van der Waals surface area contributed by atoms with Gasteiger partial charge in [0.2, 0.25) is 0 Å². The molecule has 0 aliphatic heterocycles. The molecule has 0 saturated heterocycles. The van der Waals surface area contributed by atoms with Crippen LogP contribution in [0.1, 0.15) is 13.3 Å². The van der Waals surface area contributed by atoms with Gasteiger partial charge in [-0.3, -0.25) is 9.97 Å². The van der Waals surface area contributed by atoms with Crippen molar-refractivity contribution in [3.63, 3.8) is 0 Å². The van der Waals surface area contributed by atoms with Gasteiger partial charge in [0.1, 0.15) is 0 Å². The first-order chi connectivity index (χ1) is 9.88. The second kappa shape index (κ2) is 5.61. The quantitative estimate of drug-likeness (QED) is 0.728. The number of aryl methyl sites for hydroxylation is 1. The molecule has 100 valence electrons. The molecule has 3 aromatic heterocycles. The van der Waals surface area contributed by atoms with Gasteiger partial charge in [-0.1, -0.05) is 6.92 Å². The first kappa shape index (κ1) is 12.5. The average Bonchev–Trinajstić information content (AvgIpc) is 2.94. The molecule has 0 atom stereocenters. The van der Waals surface area contributed by atoms with E-state index in [1.807, 2.05) is 28.9 Å². The van der Waals surface area contributed by atoms with Gasteiger partial charge in [-0.05, 0) is 30.7 Å². The van der Waals surface area contributed by atoms with Crippen molar-refractivity contribution in [1.29, 1.82) is 0 Å². The molecule has 0 aromatic carbocycles. The van der Waals surface area contributed by atoms with Crippen molar-refractivity contribution in [2.45, 2.75) is 19.9 Å². The fraction of sp³-hybridized carbons (Fsp3) is 0.200. The lowest BCUT2D eigenvalue weighted by Gasteiger charge is -2.02. The van der Waals surface area contributed by atoms with Crippen LogP contribution in [0.2, 0.25) is 0 Å². The molecule has 0 spiro atoms. The summed E-state index contributed by atoms with van der Waals surface area (Å²) in [5.74, 6) is 1.61.